The molecule has 0 aliphatic heterocycles. The fourth-order valence-corrected chi connectivity index (χ4v) is 8.20. The molecule has 2 aromatic carbocycles. The summed E-state index contributed by atoms with van der Waals surface area (Å²) in [5.74, 6) is 2.48. The van der Waals surface area contributed by atoms with Gasteiger partial charge < -0.3 is 0 Å². The zero-order valence-corrected chi connectivity index (χ0v) is 23.4. The van der Waals surface area contributed by atoms with Crippen LogP contribution in [0.4, 0.5) is 0 Å². The van der Waals surface area contributed by atoms with Crippen LogP contribution in [-0.4, -0.2) is 0 Å². The van der Waals surface area contributed by atoms with E-state index in [0.29, 0.717) is 23.7 Å². The quantitative estimate of drug-likeness (QED) is 0.380. The molecule has 0 saturated heterocycles. The molecule has 198 valence electrons. The van der Waals surface area contributed by atoms with Crippen molar-refractivity contribution in [1.82, 2.24) is 0 Å². The third-order valence-corrected chi connectivity index (χ3v) is 10.3. The van der Waals surface area contributed by atoms with E-state index < -0.39 is 0 Å². The predicted molar refractivity (Wildman–Crippen MR) is 172 cm³/mol. The molecule has 0 bridgehead atoms. The normalized spacial score (nSPS) is 28.3. The van der Waals surface area contributed by atoms with Gasteiger partial charge in [-0.15, -0.1) is 0 Å². The zero-order chi connectivity index (χ0) is 26.5. The first kappa shape index (κ1) is 24.2. The fourth-order valence-electron chi connectivity index (χ4n) is 8.20. The van der Waals surface area contributed by atoms with Gasteiger partial charge in [-0.2, -0.15) is 0 Å². The van der Waals surface area contributed by atoms with Gasteiger partial charge in [0.1, 0.15) is 0 Å². The molecule has 8 rings (SSSR count). The predicted octanol–water partition coefficient (Wildman–Crippen LogP) is 8.91. The van der Waals surface area contributed by atoms with Crippen LogP contribution in [0.1, 0.15) is 62.5 Å². The van der Waals surface area contributed by atoms with Gasteiger partial charge >= 0.3 is 0 Å². The summed E-state index contributed by atoms with van der Waals surface area (Å²) < 4.78 is 0. The van der Waals surface area contributed by atoms with Crippen LogP contribution in [0.25, 0.3) is 34.1 Å². The van der Waals surface area contributed by atoms with Crippen LogP contribution in [0, 0.1) is 23.7 Å². The van der Waals surface area contributed by atoms with Crippen LogP contribution in [0.3, 0.4) is 0 Å². The molecule has 0 aromatic heterocycles. The van der Waals surface area contributed by atoms with Crippen molar-refractivity contribution in [2.45, 2.75) is 51.4 Å². The molecule has 0 nitrogen and oxygen atoms in total. The monoisotopic (exact) mass is 518 g/mol. The van der Waals surface area contributed by atoms with Crippen LogP contribution in [0.2, 0.25) is 0 Å². The second kappa shape index (κ2) is 10.1. The Balaban J connectivity index is 1.39. The van der Waals surface area contributed by atoms with Gasteiger partial charge in [0.25, 0.3) is 0 Å². The molecule has 40 heavy (non-hydrogen) atoms. The molecule has 0 fully saturated rings. The molecule has 0 N–H and O–H groups in total. The van der Waals surface area contributed by atoms with Crippen LogP contribution >= 0.6 is 0 Å². The smallest absolute Gasteiger partial charge is 0.00698 e. The average molecular weight is 519 g/mol. The van der Waals surface area contributed by atoms with Crippen LogP contribution in [0.15, 0.2) is 108 Å². The maximum absolute atomic E-state index is 2.68. The second-order valence-electron chi connectivity index (χ2n) is 12.6. The molecular weight excluding hydrogens is 480 g/mol. The van der Waals surface area contributed by atoms with Gasteiger partial charge in [0.15, 0.2) is 0 Å². The van der Waals surface area contributed by atoms with E-state index in [1.165, 1.54) is 86.7 Å². The van der Waals surface area contributed by atoms with E-state index >= 15 is 0 Å². The lowest BCUT2D eigenvalue weighted by atomic mass is 9.74. The summed E-state index contributed by atoms with van der Waals surface area (Å²) in [6.45, 7) is 0. The van der Waals surface area contributed by atoms with Crippen molar-refractivity contribution in [2.24, 2.45) is 23.7 Å². The highest BCUT2D eigenvalue weighted by molar-refractivity contribution is 6.02. The van der Waals surface area contributed by atoms with Crippen molar-refractivity contribution >= 4 is 34.1 Å². The maximum Gasteiger partial charge on any atom is -0.00698 e. The summed E-state index contributed by atoms with van der Waals surface area (Å²) in [7, 11) is 0. The van der Waals surface area contributed by atoms with Gasteiger partial charge in [0.05, 0.1) is 0 Å². The van der Waals surface area contributed by atoms with Crippen LogP contribution in [0.5, 0.6) is 0 Å². The highest BCUT2D eigenvalue weighted by Gasteiger charge is 2.28. The van der Waals surface area contributed by atoms with E-state index in [4.69, 9.17) is 0 Å². The lowest BCUT2D eigenvalue weighted by Crippen LogP contribution is -2.37. The van der Waals surface area contributed by atoms with E-state index in [2.05, 4.69) is 109 Å². The van der Waals surface area contributed by atoms with Crippen LogP contribution < -0.4 is 10.4 Å². The molecule has 0 heteroatoms. The summed E-state index contributed by atoms with van der Waals surface area (Å²) in [5, 5.41) is 5.88. The number of benzene rings is 2. The lowest BCUT2D eigenvalue weighted by molar-refractivity contribution is 0.509. The number of allylic oxidation sites excluding steroid dienone is 16. The highest BCUT2D eigenvalue weighted by Crippen LogP contribution is 2.41. The van der Waals surface area contributed by atoms with Crippen molar-refractivity contribution in [2.75, 3.05) is 0 Å². The van der Waals surface area contributed by atoms with Gasteiger partial charge in [-0.25, -0.2) is 0 Å². The third kappa shape index (κ3) is 4.12. The fraction of sp³-hybridized carbons (Fsp3) is 0.300. The largest absolute Gasteiger partial charge is 0.0842 e. The van der Waals surface area contributed by atoms with Gasteiger partial charge in [0, 0.05) is 0 Å². The maximum atomic E-state index is 2.68. The summed E-state index contributed by atoms with van der Waals surface area (Å²) in [6, 6.07) is 9.32. The van der Waals surface area contributed by atoms with Gasteiger partial charge in [-0.3, -0.25) is 0 Å². The SMILES string of the molecule is C1=CCC2CCC(c3c4c(c(C5=CC=C6C=CCCC6C5)c5ccccc35)=CC(C3C=CC=CC3)CC=4)=CC2=C1. The minimum atomic E-state index is 0.547. The Morgan fingerprint density at radius 3 is 2.40 bits per heavy atom. The third-order valence-electron chi connectivity index (χ3n) is 10.3. The van der Waals surface area contributed by atoms with Crippen molar-refractivity contribution < 1.29 is 0 Å². The van der Waals surface area contributed by atoms with E-state index in [1.807, 2.05) is 0 Å². The van der Waals surface area contributed by atoms with Crippen molar-refractivity contribution in [1.29, 1.82) is 0 Å². The molecule has 0 radical (unpaired) electrons. The topological polar surface area (TPSA) is 0 Å². The van der Waals surface area contributed by atoms with E-state index in [1.54, 1.807) is 0 Å². The van der Waals surface area contributed by atoms with Gasteiger partial charge in [-0.05, 0) is 130 Å². The summed E-state index contributed by atoms with van der Waals surface area (Å²) in [6.07, 6.45) is 43.2. The Kier molecular flexibility index (Phi) is 6.09. The number of hydrogen-bond acceptors (Lipinski definition) is 0. The highest BCUT2D eigenvalue weighted by atomic mass is 14.3. The zero-order valence-electron chi connectivity index (χ0n) is 23.4. The van der Waals surface area contributed by atoms with Crippen molar-refractivity contribution in [3.8, 4) is 0 Å². The first-order chi connectivity index (χ1) is 19.8. The Bertz CT molecular complexity index is 1760. The molecule has 0 amide bonds. The number of fused-ring (bicyclic) bond motifs is 4. The molecule has 4 unspecified atom stereocenters. The standard InChI is InChI=1S/C40H38/c1-2-10-27(11-3-1)32-22-23-37-38(26-32)40(34-21-19-29-13-5-7-15-31(29)25-34)36-17-9-8-16-35(36)39(37)33-20-18-28-12-4-6-14-30(28)24-33/h1-6,8-10,13-14,16-17,19,21,23-24,26-28,31-32H,7,11-12,15,18,20,22,25H2. The molecule has 0 heterocycles. The Hall–Kier alpha value is -3.64. The van der Waals surface area contributed by atoms with Crippen molar-refractivity contribution in [3.63, 3.8) is 0 Å². The van der Waals surface area contributed by atoms with Gasteiger partial charge in [0.2, 0.25) is 0 Å². The van der Waals surface area contributed by atoms with E-state index in [-0.39, 0.29) is 0 Å². The van der Waals surface area contributed by atoms with E-state index in [9.17, 15) is 0 Å². The van der Waals surface area contributed by atoms with E-state index in [0.717, 1.165) is 19.3 Å². The van der Waals surface area contributed by atoms with Crippen molar-refractivity contribution in [3.05, 3.63) is 130 Å². The minimum absolute atomic E-state index is 0.547. The van der Waals surface area contributed by atoms with Gasteiger partial charge in [-0.1, -0.05) is 109 Å². The average Bonchev–Trinajstić information content (AvgIpc) is 3.03. The number of hydrogen-bond donors (Lipinski definition) is 0. The van der Waals surface area contributed by atoms with Crippen LogP contribution in [-0.2, 0) is 0 Å². The summed E-state index contributed by atoms with van der Waals surface area (Å²) in [5.41, 5.74) is 9.13. The molecule has 4 atom stereocenters. The Labute approximate surface area is 238 Å². The minimum Gasteiger partial charge on any atom is -0.0842 e. The summed E-state index contributed by atoms with van der Waals surface area (Å²) >= 11 is 0. The molecule has 6 aliphatic rings. The second-order valence-corrected chi connectivity index (χ2v) is 12.6. The lowest BCUT2D eigenvalue weighted by Gasteiger charge is -2.30. The molecule has 0 saturated carbocycles. The number of rotatable bonds is 3. The molecule has 2 aromatic rings. The first-order valence-corrected chi connectivity index (χ1v) is 15.6. The molecular formula is C40H38. The Morgan fingerprint density at radius 1 is 0.650 bits per heavy atom. The molecule has 6 aliphatic carbocycles. The Morgan fingerprint density at radius 2 is 1.52 bits per heavy atom. The summed E-state index contributed by atoms with van der Waals surface area (Å²) in [4.78, 5) is 0. The molecule has 0 spiro atoms. The first-order valence-electron chi connectivity index (χ1n) is 15.6.